The molecule has 0 amide bonds. The van der Waals surface area contributed by atoms with E-state index < -0.39 is 12.0 Å². The van der Waals surface area contributed by atoms with E-state index in [4.69, 9.17) is 10.8 Å². The summed E-state index contributed by atoms with van der Waals surface area (Å²) in [6.45, 7) is 0. The number of carboxylic acids is 1. The molecular formula is C11H15FN2O2. The molecule has 0 spiro atoms. The lowest BCUT2D eigenvalue weighted by atomic mass is 9.98. The number of aliphatic carboxylic acids is 1. The van der Waals surface area contributed by atoms with Crippen LogP contribution in [0.5, 0.6) is 0 Å². The summed E-state index contributed by atoms with van der Waals surface area (Å²) in [6, 6.07) is 5.00. The molecule has 88 valence electrons. The molecule has 0 bridgehead atoms. The molecule has 16 heavy (non-hydrogen) atoms. The van der Waals surface area contributed by atoms with E-state index in [0.29, 0.717) is 0 Å². The number of benzene rings is 1. The zero-order valence-electron chi connectivity index (χ0n) is 8.98. The molecule has 0 aliphatic heterocycles. The monoisotopic (exact) mass is 226 g/mol. The van der Waals surface area contributed by atoms with Crippen molar-refractivity contribution in [3.05, 3.63) is 35.6 Å². The average molecular weight is 226 g/mol. The first-order valence-corrected chi connectivity index (χ1v) is 4.94. The highest BCUT2D eigenvalue weighted by Crippen LogP contribution is 2.17. The van der Waals surface area contributed by atoms with Crippen LogP contribution in [0.25, 0.3) is 0 Å². The van der Waals surface area contributed by atoms with E-state index in [0.717, 1.165) is 5.56 Å². The molecule has 0 saturated carbocycles. The SMILES string of the molecule is CNC(c1ccc(F)cc1)C(N)CC(=O)O. The first kappa shape index (κ1) is 12.6. The predicted octanol–water partition coefficient (Wildman–Crippen LogP) is 0.888. The number of carboxylic acid groups (broad SMARTS) is 1. The smallest absolute Gasteiger partial charge is 0.304 e. The van der Waals surface area contributed by atoms with Gasteiger partial charge in [0.1, 0.15) is 5.82 Å². The fraction of sp³-hybridized carbons (Fsp3) is 0.364. The third-order valence-corrected chi connectivity index (χ3v) is 2.38. The lowest BCUT2D eigenvalue weighted by Gasteiger charge is -2.22. The lowest BCUT2D eigenvalue weighted by Crippen LogP contribution is -2.37. The minimum Gasteiger partial charge on any atom is -0.481 e. The maximum atomic E-state index is 12.7. The average Bonchev–Trinajstić information content (AvgIpc) is 2.21. The number of carbonyl (C=O) groups is 1. The van der Waals surface area contributed by atoms with E-state index in [2.05, 4.69) is 5.32 Å². The van der Waals surface area contributed by atoms with Crippen molar-refractivity contribution in [2.45, 2.75) is 18.5 Å². The molecule has 1 rings (SSSR count). The fourth-order valence-electron chi connectivity index (χ4n) is 1.62. The van der Waals surface area contributed by atoms with E-state index in [9.17, 15) is 9.18 Å². The highest BCUT2D eigenvalue weighted by atomic mass is 19.1. The maximum Gasteiger partial charge on any atom is 0.304 e. The van der Waals surface area contributed by atoms with Gasteiger partial charge in [0.05, 0.1) is 6.42 Å². The van der Waals surface area contributed by atoms with Crippen molar-refractivity contribution >= 4 is 5.97 Å². The van der Waals surface area contributed by atoms with Crippen LogP contribution >= 0.6 is 0 Å². The number of rotatable bonds is 5. The Morgan fingerprint density at radius 1 is 1.50 bits per heavy atom. The molecule has 1 aromatic rings. The molecule has 1 aromatic carbocycles. The standard InChI is InChI=1S/C11H15FN2O2/c1-14-11(9(13)6-10(15)16)7-2-4-8(12)5-3-7/h2-5,9,11,14H,6,13H2,1H3,(H,15,16). The van der Waals surface area contributed by atoms with Crippen LogP contribution in [0.2, 0.25) is 0 Å². The van der Waals surface area contributed by atoms with E-state index in [1.807, 2.05) is 0 Å². The molecule has 0 fully saturated rings. The molecule has 0 aliphatic carbocycles. The van der Waals surface area contributed by atoms with Crippen LogP contribution < -0.4 is 11.1 Å². The van der Waals surface area contributed by atoms with Crippen LogP contribution in [-0.4, -0.2) is 24.2 Å². The zero-order chi connectivity index (χ0) is 12.1. The normalized spacial score (nSPS) is 14.4. The van der Waals surface area contributed by atoms with Crippen molar-refractivity contribution in [2.75, 3.05) is 7.05 Å². The van der Waals surface area contributed by atoms with Gasteiger partial charge in [-0.05, 0) is 24.7 Å². The van der Waals surface area contributed by atoms with Gasteiger partial charge >= 0.3 is 5.97 Å². The molecule has 0 saturated heterocycles. The minimum atomic E-state index is -0.949. The number of hydrogen-bond acceptors (Lipinski definition) is 3. The summed E-state index contributed by atoms with van der Waals surface area (Å²) < 4.78 is 12.7. The van der Waals surface area contributed by atoms with Crippen molar-refractivity contribution in [1.82, 2.24) is 5.32 Å². The summed E-state index contributed by atoms with van der Waals surface area (Å²) in [5.41, 5.74) is 6.54. The third kappa shape index (κ3) is 3.29. The second-order valence-corrected chi connectivity index (χ2v) is 3.58. The van der Waals surface area contributed by atoms with Gasteiger partial charge in [0, 0.05) is 12.1 Å². The van der Waals surface area contributed by atoms with Crippen molar-refractivity contribution in [1.29, 1.82) is 0 Å². The van der Waals surface area contributed by atoms with Crippen molar-refractivity contribution in [3.63, 3.8) is 0 Å². The number of nitrogens with two attached hydrogens (primary N) is 1. The van der Waals surface area contributed by atoms with Gasteiger partial charge in [-0.15, -0.1) is 0 Å². The van der Waals surface area contributed by atoms with Crippen LogP contribution in [0.1, 0.15) is 18.0 Å². The summed E-state index contributed by atoms with van der Waals surface area (Å²) in [5.74, 6) is -1.28. The van der Waals surface area contributed by atoms with Crippen molar-refractivity contribution in [2.24, 2.45) is 5.73 Å². The quantitative estimate of drug-likeness (QED) is 0.697. The Kier molecular flexibility index (Phi) is 4.39. The van der Waals surface area contributed by atoms with E-state index in [1.54, 1.807) is 19.2 Å². The highest BCUT2D eigenvalue weighted by Gasteiger charge is 2.20. The minimum absolute atomic E-state index is 0.136. The van der Waals surface area contributed by atoms with Gasteiger partial charge in [-0.25, -0.2) is 4.39 Å². The van der Waals surface area contributed by atoms with Gasteiger partial charge in [-0.3, -0.25) is 4.79 Å². The molecule has 4 N–H and O–H groups in total. The van der Waals surface area contributed by atoms with E-state index in [-0.39, 0.29) is 18.3 Å². The maximum absolute atomic E-state index is 12.7. The summed E-state index contributed by atoms with van der Waals surface area (Å²) >= 11 is 0. The van der Waals surface area contributed by atoms with Crippen molar-refractivity contribution < 1.29 is 14.3 Å². The molecule has 0 aliphatic rings. The zero-order valence-corrected chi connectivity index (χ0v) is 8.98. The van der Waals surface area contributed by atoms with Crippen LogP contribution in [-0.2, 0) is 4.79 Å². The molecular weight excluding hydrogens is 211 g/mol. The second-order valence-electron chi connectivity index (χ2n) is 3.58. The Labute approximate surface area is 93.3 Å². The van der Waals surface area contributed by atoms with Gasteiger partial charge in [0.25, 0.3) is 0 Å². The number of hydrogen-bond donors (Lipinski definition) is 3. The first-order valence-electron chi connectivity index (χ1n) is 4.94. The topological polar surface area (TPSA) is 75.3 Å². The molecule has 0 heterocycles. The van der Waals surface area contributed by atoms with E-state index in [1.165, 1.54) is 12.1 Å². The van der Waals surface area contributed by atoms with Gasteiger partial charge in [0.2, 0.25) is 0 Å². The predicted molar refractivity (Wildman–Crippen MR) is 58.4 cm³/mol. The van der Waals surface area contributed by atoms with Gasteiger partial charge in [-0.2, -0.15) is 0 Å². The molecule has 0 radical (unpaired) electrons. The summed E-state index contributed by atoms with van der Waals surface area (Å²) in [4.78, 5) is 10.5. The first-order chi connectivity index (χ1) is 7.54. The summed E-state index contributed by atoms with van der Waals surface area (Å²) in [7, 11) is 1.69. The number of nitrogens with one attached hydrogen (secondary N) is 1. The highest BCUT2D eigenvalue weighted by molar-refractivity contribution is 5.67. The largest absolute Gasteiger partial charge is 0.481 e. The Hall–Kier alpha value is -1.46. The van der Waals surface area contributed by atoms with Crippen molar-refractivity contribution in [3.8, 4) is 0 Å². The Balaban J connectivity index is 2.81. The van der Waals surface area contributed by atoms with Gasteiger partial charge < -0.3 is 16.2 Å². The molecule has 2 unspecified atom stereocenters. The number of halogens is 1. The van der Waals surface area contributed by atoms with Crippen LogP contribution in [0, 0.1) is 5.82 Å². The lowest BCUT2D eigenvalue weighted by molar-refractivity contribution is -0.137. The molecule has 5 heteroatoms. The number of likely N-dealkylation sites (N-methyl/N-ethyl adjacent to an activating group) is 1. The van der Waals surface area contributed by atoms with Crippen LogP contribution in [0.3, 0.4) is 0 Å². The Bertz CT molecular complexity index is 354. The summed E-state index contributed by atoms with van der Waals surface area (Å²) in [6.07, 6.45) is -0.136. The second kappa shape index (κ2) is 5.58. The molecule has 2 atom stereocenters. The van der Waals surface area contributed by atoms with E-state index >= 15 is 0 Å². The Morgan fingerprint density at radius 3 is 2.50 bits per heavy atom. The van der Waals surface area contributed by atoms with Crippen LogP contribution in [0.15, 0.2) is 24.3 Å². The van der Waals surface area contributed by atoms with Gasteiger partial charge in [0.15, 0.2) is 0 Å². The summed E-state index contributed by atoms with van der Waals surface area (Å²) in [5, 5.41) is 11.6. The van der Waals surface area contributed by atoms with Crippen LogP contribution in [0.4, 0.5) is 4.39 Å². The van der Waals surface area contributed by atoms with Gasteiger partial charge in [-0.1, -0.05) is 12.1 Å². The fourth-order valence-corrected chi connectivity index (χ4v) is 1.62. The molecule has 4 nitrogen and oxygen atoms in total. The third-order valence-electron chi connectivity index (χ3n) is 2.38. The molecule has 0 aromatic heterocycles. The Morgan fingerprint density at radius 2 is 2.06 bits per heavy atom.